The summed E-state index contributed by atoms with van der Waals surface area (Å²) in [7, 11) is 1.79. The Bertz CT molecular complexity index is 607. The van der Waals surface area contributed by atoms with E-state index in [0.717, 1.165) is 23.4 Å². The monoisotopic (exact) mass is 291 g/mol. The number of hydrogen-bond acceptors (Lipinski definition) is 3. The van der Waals surface area contributed by atoms with Crippen LogP contribution in [0.3, 0.4) is 0 Å². The first kappa shape index (κ1) is 14.8. The van der Waals surface area contributed by atoms with E-state index in [0.29, 0.717) is 5.02 Å². The van der Waals surface area contributed by atoms with Crippen molar-refractivity contribution >= 4 is 17.4 Å². The standard InChI is InChI=1S/C15H18ClN3O/c1-3-11-14(16)12(19(2)18-11)9-13(20)15(17)10-7-5-4-6-8-10/h4-8,15H,3,9,17H2,1-2H3/t15-/m1/s1. The lowest BCUT2D eigenvalue weighted by atomic mass is 10.0. The van der Waals surface area contributed by atoms with Crippen molar-refractivity contribution in [3.63, 3.8) is 0 Å². The van der Waals surface area contributed by atoms with E-state index in [9.17, 15) is 4.79 Å². The SMILES string of the molecule is CCc1nn(C)c(CC(=O)[C@H](N)c2ccccc2)c1Cl. The van der Waals surface area contributed by atoms with Crippen molar-refractivity contribution in [2.75, 3.05) is 0 Å². The number of hydrogen-bond donors (Lipinski definition) is 1. The van der Waals surface area contributed by atoms with Gasteiger partial charge in [-0.15, -0.1) is 0 Å². The van der Waals surface area contributed by atoms with E-state index < -0.39 is 6.04 Å². The largest absolute Gasteiger partial charge is 0.318 e. The van der Waals surface area contributed by atoms with Crippen LogP contribution in [0.2, 0.25) is 5.02 Å². The average Bonchev–Trinajstić information content (AvgIpc) is 2.74. The topological polar surface area (TPSA) is 60.9 Å². The van der Waals surface area contributed by atoms with Gasteiger partial charge in [0.25, 0.3) is 0 Å². The lowest BCUT2D eigenvalue weighted by molar-refractivity contribution is -0.119. The molecule has 0 amide bonds. The van der Waals surface area contributed by atoms with Crippen molar-refractivity contribution in [2.45, 2.75) is 25.8 Å². The highest BCUT2D eigenvalue weighted by Gasteiger charge is 2.21. The lowest BCUT2D eigenvalue weighted by Crippen LogP contribution is -2.24. The molecule has 2 N–H and O–H groups in total. The maximum absolute atomic E-state index is 12.3. The van der Waals surface area contributed by atoms with Crippen LogP contribution in [0.15, 0.2) is 30.3 Å². The van der Waals surface area contributed by atoms with Crippen LogP contribution in [-0.2, 0) is 24.7 Å². The molecule has 4 nitrogen and oxygen atoms in total. The molecule has 0 bridgehead atoms. The van der Waals surface area contributed by atoms with Crippen LogP contribution in [0.4, 0.5) is 0 Å². The smallest absolute Gasteiger partial charge is 0.160 e. The van der Waals surface area contributed by atoms with Crippen molar-refractivity contribution in [3.05, 3.63) is 52.3 Å². The second-order valence-corrected chi connectivity index (χ2v) is 5.09. The average molecular weight is 292 g/mol. The second kappa shape index (κ2) is 6.20. The Morgan fingerprint density at radius 3 is 2.60 bits per heavy atom. The molecule has 0 fully saturated rings. The quantitative estimate of drug-likeness (QED) is 0.920. The van der Waals surface area contributed by atoms with Gasteiger partial charge in [0, 0.05) is 7.05 Å². The summed E-state index contributed by atoms with van der Waals surface area (Å²) >= 11 is 6.25. The molecule has 0 saturated heterocycles. The van der Waals surface area contributed by atoms with Gasteiger partial charge in [0.2, 0.25) is 0 Å². The number of rotatable bonds is 5. The summed E-state index contributed by atoms with van der Waals surface area (Å²) < 4.78 is 1.66. The molecule has 1 aromatic carbocycles. The van der Waals surface area contributed by atoms with E-state index in [1.165, 1.54) is 0 Å². The molecule has 0 aliphatic heterocycles. The summed E-state index contributed by atoms with van der Waals surface area (Å²) in [6.07, 6.45) is 0.935. The number of halogens is 1. The van der Waals surface area contributed by atoms with Gasteiger partial charge in [-0.05, 0) is 12.0 Å². The maximum atomic E-state index is 12.3. The van der Waals surface area contributed by atoms with Crippen molar-refractivity contribution in [1.82, 2.24) is 9.78 Å². The third kappa shape index (κ3) is 2.92. The van der Waals surface area contributed by atoms with Crippen molar-refractivity contribution in [2.24, 2.45) is 12.8 Å². The summed E-state index contributed by atoms with van der Waals surface area (Å²) in [5.74, 6) is -0.0660. The van der Waals surface area contributed by atoms with Crippen LogP contribution in [0.25, 0.3) is 0 Å². The number of ketones is 1. The summed E-state index contributed by atoms with van der Waals surface area (Å²) in [6.45, 7) is 1.98. The fraction of sp³-hybridized carbons (Fsp3) is 0.333. The van der Waals surface area contributed by atoms with Crippen molar-refractivity contribution in [1.29, 1.82) is 0 Å². The van der Waals surface area contributed by atoms with Gasteiger partial charge in [-0.1, -0.05) is 48.9 Å². The number of benzene rings is 1. The predicted molar refractivity (Wildman–Crippen MR) is 79.7 cm³/mol. The van der Waals surface area contributed by atoms with E-state index >= 15 is 0 Å². The molecule has 0 spiro atoms. The van der Waals surface area contributed by atoms with Gasteiger partial charge >= 0.3 is 0 Å². The first-order valence-electron chi connectivity index (χ1n) is 6.58. The molecule has 0 radical (unpaired) electrons. The van der Waals surface area contributed by atoms with Crippen molar-refractivity contribution in [3.8, 4) is 0 Å². The zero-order valence-electron chi connectivity index (χ0n) is 11.6. The minimum atomic E-state index is -0.632. The van der Waals surface area contributed by atoms with Gasteiger partial charge < -0.3 is 5.73 Å². The first-order valence-corrected chi connectivity index (χ1v) is 6.95. The number of nitrogens with zero attached hydrogens (tertiary/aromatic N) is 2. The maximum Gasteiger partial charge on any atom is 0.160 e. The highest BCUT2D eigenvalue weighted by atomic mass is 35.5. The Morgan fingerprint density at radius 2 is 2.05 bits per heavy atom. The highest BCUT2D eigenvalue weighted by Crippen LogP contribution is 2.23. The molecule has 2 rings (SSSR count). The molecule has 0 aliphatic carbocycles. The minimum Gasteiger partial charge on any atom is -0.318 e. The Morgan fingerprint density at radius 1 is 1.40 bits per heavy atom. The third-order valence-electron chi connectivity index (χ3n) is 3.35. The number of aryl methyl sites for hydroxylation is 2. The van der Waals surface area contributed by atoms with Gasteiger partial charge in [0.1, 0.15) is 0 Å². The molecule has 20 heavy (non-hydrogen) atoms. The molecule has 0 saturated carbocycles. The molecule has 1 atom stereocenters. The fourth-order valence-electron chi connectivity index (χ4n) is 2.13. The van der Waals surface area contributed by atoms with Crippen LogP contribution in [0.5, 0.6) is 0 Å². The van der Waals surface area contributed by atoms with Gasteiger partial charge in [0.05, 0.1) is 28.9 Å². The Kier molecular flexibility index (Phi) is 4.57. The zero-order valence-corrected chi connectivity index (χ0v) is 12.4. The van der Waals surface area contributed by atoms with Gasteiger partial charge in [-0.2, -0.15) is 5.10 Å². The number of Topliss-reactive ketones (excluding diaryl/α,β-unsaturated/α-hetero) is 1. The Balaban J connectivity index is 2.18. The normalized spacial score (nSPS) is 12.4. The summed E-state index contributed by atoms with van der Waals surface area (Å²) in [5.41, 5.74) is 8.35. The summed E-state index contributed by atoms with van der Waals surface area (Å²) in [6, 6.07) is 8.71. The second-order valence-electron chi connectivity index (χ2n) is 4.72. The minimum absolute atomic E-state index is 0.0660. The summed E-state index contributed by atoms with van der Waals surface area (Å²) in [4.78, 5) is 12.3. The number of carbonyl (C=O) groups excluding carboxylic acids is 1. The van der Waals surface area contributed by atoms with Crippen LogP contribution in [-0.4, -0.2) is 15.6 Å². The summed E-state index contributed by atoms with van der Waals surface area (Å²) in [5, 5.41) is 4.88. The van der Waals surface area contributed by atoms with Crippen LogP contribution in [0, 0.1) is 0 Å². The van der Waals surface area contributed by atoms with Crippen LogP contribution >= 0.6 is 11.6 Å². The third-order valence-corrected chi connectivity index (χ3v) is 3.79. The molecule has 0 unspecified atom stereocenters. The van der Waals surface area contributed by atoms with Crippen LogP contribution < -0.4 is 5.73 Å². The molecule has 2 aromatic rings. The molecule has 1 heterocycles. The molecule has 1 aromatic heterocycles. The highest BCUT2D eigenvalue weighted by molar-refractivity contribution is 6.32. The van der Waals surface area contributed by atoms with Gasteiger partial charge in [-0.3, -0.25) is 9.48 Å². The van der Waals surface area contributed by atoms with Gasteiger partial charge in [-0.25, -0.2) is 0 Å². The van der Waals surface area contributed by atoms with Crippen molar-refractivity contribution < 1.29 is 4.79 Å². The zero-order chi connectivity index (χ0) is 14.7. The predicted octanol–water partition coefficient (Wildman–Crippen LogP) is 2.45. The number of nitrogens with two attached hydrogens (primary N) is 1. The lowest BCUT2D eigenvalue weighted by Gasteiger charge is -2.11. The molecular formula is C15H18ClN3O. The number of carbonyl (C=O) groups is 1. The molecule has 0 aliphatic rings. The fourth-order valence-corrected chi connectivity index (χ4v) is 2.49. The van der Waals surface area contributed by atoms with E-state index in [-0.39, 0.29) is 12.2 Å². The number of aromatic nitrogens is 2. The molecule has 5 heteroatoms. The van der Waals surface area contributed by atoms with Gasteiger partial charge in [0.15, 0.2) is 5.78 Å². The van der Waals surface area contributed by atoms with E-state index in [1.807, 2.05) is 37.3 Å². The van der Waals surface area contributed by atoms with E-state index in [1.54, 1.807) is 11.7 Å². The Labute approximate surface area is 123 Å². The first-order chi connectivity index (χ1) is 9.54. The molecular weight excluding hydrogens is 274 g/mol. The Hall–Kier alpha value is -1.65. The van der Waals surface area contributed by atoms with Crippen LogP contribution in [0.1, 0.15) is 29.9 Å². The van der Waals surface area contributed by atoms with E-state index in [4.69, 9.17) is 17.3 Å². The van der Waals surface area contributed by atoms with E-state index in [2.05, 4.69) is 5.10 Å². The molecule has 106 valence electrons.